The lowest BCUT2D eigenvalue weighted by Gasteiger charge is -2.27. The van der Waals surface area contributed by atoms with Crippen LogP contribution in [0, 0.1) is 0 Å². The van der Waals surface area contributed by atoms with E-state index in [4.69, 9.17) is 11.6 Å². The summed E-state index contributed by atoms with van der Waals surface area (Å²) >= 11 is 10.6. The number of benzene rings is 1. The minimum absolute atomic E-state index is 0.0302. The zero-order chi connectivity index (χ0) is 15.0. The predicted octanol–water partition coefficient (Wildman–Crippen LogP) is 1.91. The second kappa shape index (κ2) is 6.08. The topological polar surface area (TPSA) is 54.3 Å². The number of aromatic nitrogens is 1. The van der Waals surface area contributed by atoms with Crippen molar-refractivity contribution in [2.75, 3.05) is 26.2 Å². The Hall–Kier alpha value is -0.890. The highest BCUT2D eigenvalue weighted by molar-refractivity contribution is 9.10. The Morgan fingerprint density at radius 3 is 2.81 bits per heavy atom. The molecule has 0 spiro atoms. The van der Waals surface area contributed by atoms with Gasteiger partial charge < -0.3 is 10.2 Å². The zero-order valence-corrected chi connectivity index (χ0v) is 14.2. The van der Waals surface area contributed by atoms with E-state index in [0.717, 1.165) is 33.6 Å². The van der Waals surface area contributed by atoms with E-state index >= 15 is 0 Å². The summed E-state index contributed by atoms with van der Waals surface area (Å²) in [6.45, 7) is 3.02. The molecule has 1 aromatic heterocycles. The van der Waals surface area contributed by atoms with E-state index in [1.807, 2.05) is 6.07 Å². The number of hydrogen-bond donors (Lipinski definition) is 1. The van der Waals surface area contributed by atoms with Crippen molar-refractivity contribution in [3.05, 3.63) is 31.3 Å². The second-order valence-electron chi connectivity index (χ2n) is 4.82. The molecule has 0 radical (unpaired) electrons. The number of rotatable bonds is 2. The van der Waals surface area contributed by atoms with Gasteiger partial charge in [-0.2, -0.15) is 0 Å². The molecular formula is C13H13BrClN3O2S. The van der Waals surface area contributed by atoms with Gasteiger partial charge in [0.25, 0.3) is 0 Å². The summed E-state index contributed by atoms with van der Waals surface area (Å²) < 4.78 is 3.07. The molecule has 0 atom stereocenters. The fourth-order valence-corrected chi connectivity index (χ4v) is 3.92. The Balaban J connectivity index is 1.93. The number of carbonyl (C=O) groups is 1. The molecule has 3 rings (SSSR count). The van der Waals surface area contributed by atoms with Crippen LogP contribution in [0.15, 0.2) is 21.4 Å². The summed E-state index contributed by atoms with van der Waals surface area (Å²) in [4.78, 5) is 26.1. The Morgan fingerprint density at radius 1 is 1.38 bits per heavy atom. The second-order valence-corrected chi connectivity index (χ2v) is 7.07. The molecule has 21 heavy (non-hydrogen) atoms. The van der Waals surface area contributed by atoms with E-state index in [-0.39, 0.29) is 17.3 Å². The fourth-order valence-electron chi connectivity index (χ4n) is 2.36. The lowest BCUT2D eigenvalue weighted by Crippen LogP contribution is -2.47. The van der Waals surface area contributed by atoms with Crippen molar-refractivity contribution in [1.82, 2.24) is 14.8 Å². The number of nitrogens with one attached hydrogen (secondary N) is 1. The molecular weight excluding hydrogens is 378 g/mol. The third-order valence-corrected chi connectivity index (χ3v) is 5.61. The van der Waals surface area contributed by atoms with Crippen molar-refractivity contribution >= 4 is 55.0 Å². The van der Waals surface area contributed by atoms with Crippen LogP contribution in [-0.2, 0) is 11.3 Å². The van der Waals surface area contributed by atoms with Gasteiger partial charge in [0.2, 0.25) is 5.91 Å². The van der Waals surface area contributed by atoms with Gasteiger partial charge in [-0.3, -0.25) is 14.2 Å². The van der Waals surface area contributed by atoms with Crippen molar-refractivity contribution in [2.45, 2.75) is 6.54 Å². The predicted molar refractivity (Wildman–Crippen MR) is 88.2 cm³/mol. The Bertz CT molecular complexity index is 752. The lowest BCUT2D eigenvalue weighted by atomic mass is 10.3. The molecule has 1 aromatic carbocycles. The molecule has 1 aliphatic heterocycles. The molecule has 8 heteroatoms. The molecule has 1 fully saturated rings. The number of amides is 1. The van der Waals surface area contributed by atoms with Crippen LogP contribution < -0.4 is 10.2 Å². The van der Waals surface area contributed by atoms with Crippen molar-refractivity contribution in [2.24, 2.45) is 0 Å². The van der Waals surface area contributed by atoms with Gasteiger partial charge in [-0.15, -0.1) is 0 Å². The summed E-state index contributed by atoms with van der Waals surface area (Å²) in [6, 6.07) is 3.54. The normalized spacial score (nSPS) is 15.6. The monoisotopic (exact) mass is 389 g/mol. The first-order chi connectivity index (χ1) is 10.1. The first-order valence-electron chi connectivity index (χ1n) is 6.53. The quantitative estimate of drug-likeness (QED) is 0.852. The first-order valence-corrected chi connectivity index (χ1v) is 8.52. The van der Waals surface area contributed by atoms with E-state index in [1.165, 1.54) is 4.57 Å². The van der Waals surface area contributed by atoms with Gasteiger partial charge in [0.05, 0.1) is 15.2 Å². The van der Waals surface area contributed by atoms with E-state index in [2.05, 4.69) is 21.2 Å². The minimum Gasteiger partial charge on any atom is -0.339 e. The van der Waals surface area contributed by atoms with Gasteiger partial charge >= 0.3 is 4.87 Å². The maximum absolute atomic E-state index is 12.3. The summed E-state index contributed by atoms with van der Waals surface area (Å²) in [5.74, 6) is -0.0302. The highest BCUT2D eigenvalue weighted by atomic mass is 79.9. The highest BCUT2D eigenvalue weighted by Gasteiger charge is 2.19. The molecule has 1 saturated heterocycles. The fraction of sp³-hybridized carbons (Fsp3) is 0.385. The maximum Gasteiger partial charge on any atom is 0.308 e. The van der Waals surface area contributed by atoms with Crippen LogP contribution in [0.4, 0.5) is 0 Å². The van der Waals surface area contributed by atoms with Crippen molar-refractivity contribution in [3.8, 4) is 0 Å². The average molecular weight is 391 g/mol. The first kappa shape index (κ1) is 15.0. The van der Waals surface area contributed by atoms with E-state index in [1.54, 1.807) is 11.0 Å². The Labute approximate surface area is 138 Å². The number of fused-ring (bicyclic) bond motifs is 1. The molecule has 2 heterocycles. The van der Waals surface area contributed by atoms with E-state index in [9.17, 15) is 9.59 Å². The van der Waals surface area contributed by atoms with Crippen molar-refractivity contribution in [1.29, 1.82) is 0 Å². The van der Waals surface area contributed by atoms with Gasteiger partial charge in [0.1, 0.15) is 6.54 Å². The minimum atomic E-state index is -0.136. The number of nitrogens with zero attached hydrogens (tertiary/aromatic N) is 2. The van der Waals surface area contributed by atoms with Gasteiger partial charge in [0, 0.05) is 30.7 Å². The van der Waals surface area contributed by atoms with E-state index in [0.29, 0.717) is 23.6 Å². The van der Waals surface area contributed by atoms with Gasteiger partial charge in [0.15, 0.2) is 0 Å². The molecule has 1 amide bonds. The third-order valence-electron chi connectivity index (χ3n) is 3.47. The van der Waals surface area contributed by atoms with Gasteiger partial charge in [-0.05, 0) is 28.1 Å². The molecule has 5 nitrogen and oxygen atoms in total. The molecule has 0 saturated carbocycles. The van der Waals surface area contributed by atoms with Crippen LogP contribution in [0.5, 0.6) is 0 Å². The summed E-state index contributed by atoms with van der Waals surface area (Å²) in [5.41, 5.74) is 0.710. The number of carbonyl (C=O) groups excluding carboxylic acids is 1. The SMILES string of the molecule is O=C(Cn1c(=O)sc2cc(Br)c(Cl)cc21)N1CCNCC1. The van der Waals surface area contributed by atoms with Crippen LogP contribution in [0.25, 0.3) is 10.2 Å². The standard InChI is InChI=1S/C13H13BrClN3O2S/c14-8-5-11-10(6-9(8)15)18(13(20)21-11)7-12(19)17-3-1-16-2-4-17/h5-6,16H,1-4,7H2. The van der Waals surface area contributed by atoms with Crippen LogP contribution in [0.3, 0.4) is 0 Å². The van der Waals surface area contributed by atoms with E-state index < -0.39 is 0 Å². The Kier molecular flexibility index (Phi) is 4.35. The van der Waals surface area contributed by atoms with Crippen molar-refractivity contribution in [3.63, 3.8) is 0 Å². The maximum atomic E-state index is 12.3. The molecule has 1 N–H and O–H groups in total. The highest BCUT2D eigenvalue weighted by Crippen LogP contribution is 2.29. The molecule has 112 valence electrons. The number of piperazine rings is 1. The Morgan fingerprint density at radius 2 is 2.10 bits per heavy atom. The average Bonchev–Trinajstić information content (AvgIpc) is 2.76. The zero-order valence-electron chi connectivity index (χ0n) is 11.1. The van der Waals surface area contributed by atoms with Crippen LogP contribution >= 0.6 is 38.9 Å². The largest absolute Gasteiger partial charge is 0.339 e. The third kappa shape index (κ3) is 3.01. The van der Waals surface area contributed by atoms with Gasteiger partial charge in [-0.25, -0.2) is 0 Å². The summed E-state index contributed by atoms with van der Waals surface area (Å²) in [6.07, 6.45) is 0. The smallest absolute Gasteiger partial charge is 0.308 e. The molecule has 0 aliphatic carbocycles. The molecule has 2 aromatic rings. The summed E-state index contributed by atoms with van der Waals surface area (Å²) in [7, 11) is 0. The molecule has 1 aliphatic rings. The van der Waals surface area contributed by atoms with Crippen LogP contribution in [0.2, 0.25) is 5.02 Å². The number of thiazole rings is 1. The number of hydrogen-bond acceptors (Lipinski definition) is 4. The lowest BCUT2D eigenvalue weighted by molar-refractivity contribution is -0.132. The van der Waals surface area contributed by atoms with Crippen LogP contribution in [0.1, 0.15) is 0 Å². The summed E-state index contributed by atoms with van der Waals surface area (Å²) in [5, 5.41) is 3.73. The molecule has 0 unspecified atom stereocenters. The number of halogens is 2. The van der Waals surface area contributed by atoms with Crippen molar-refractivity contribution < 1.29 is 4.79 Å². The van der Waals surface area contributed by atoms with Gasteiger partial charge in [-0.1, -0.05) is 22.9 Å². The van der Waals surface area contributed by atoms with Crippen LogP contribution in [-0.4, -0.2) is 41.6 Å². The molecule has 0 bridgehead atoms.